The molecular weight excluding hydrogens is 164 g/mol. The van der Waals surface area contributed by atoms with Gasteiger partial charge >= 0.3 is 0 Å². The van der Waals surface area contributed by atoms with E-state index < -0.39 is 0 Å². The Balaban J connectivity index is 2.13. The molecule has 2 rings (SSSR count). The summed E-state index contributed by atoms with van der Waals surface area (Å²) >= 11 is 0. The molecule has 0 saturated heterocycles. The minimum absolute atomic E-state index is 0.233. The number of hydrogen-bond donors (Lipinski definition) is 2. The Hall–Kier alpha value is -0.870. The molecule has 4 nitrogen and oxygen atoms in total. The van der Waals surface area contributed by atoms with Crippen LogP contribution >= 0.6 is 0 Å². The lowest BCUT2D eigenvalue weighted by atomic mass is 10.1. The SMILES string of the molecule is CC1CC1C(NN)c1ccn(C)n1. The molecule has 3 N–H and O–H groups in total. The average Bonchev–Trinajstić information content (AvgIpc) is 2.62. The van der Waals surface area contributed by atoms with Crippen LogP contribution in [0.1, 0.15) is 25.1 Å². The Morgan fingerprint density at radius 2 is 2.46 bits per heavy atom. The Kier molecular flexibility index (Phi) is 2.09. The summed E-state index contributed by atoms with van der Waals surface area (Å²) in [6.07, 6.45) is 3.21. The highest BCUT2D eigenvalue weighted by atomic mass is 15.3. The maximum absolute atomic E-state index is 5.52. The summed E-state index contributed by atoms with van der Waals surface area (Å²) < 4.78 is 1.81. The minimum Gasteiger partial charge on any atom is -0.275 e. The quantitative estimate of drug-likeness (QED) is 0.528. The average molecular weight is 180 g/mol. The first-order valence-electron chi connectivity index (χ1n) is 4.68. The Bertz CT molecular complexity index is 294. The van der Waals surface area contributed by atoms with Crippen molar-refractivity contribution in [1.82, 2.24) is 15.2 Å². The fourth-order valence-electron chi connectivity index (χ4n) is 1.84. The number of hydrazine groups is 1. The van der Waals surface area contributed by atoms with E-state index in [1.54, 1.807) is 0 Å². The minimum atomic E-state index is 0.233. The summed E-state index contributed by atoms with van der Waals surface area (Å²) in [6.45, 7) is 2.25. The van der Waals surface area contributed by atoms with Crippen molar-refractivity contribution in [1.29, 1.82) is 0 Å². The maximum Gasteiger partial charge on any atom is 0.0810 e. The maximum atomic E-state index is 5.52. The highest BCUT2D eigenvalue weighted by molar-refractivity contribution is 5.10. The number of aromatic nitrogens is 2. The summed E-state index contributed by atoms with van der Waals surface area (Å²) in [6, 6.07) is 2.26. The second kappa shape index (κ2) is 3.12. The van der Waals surface area contributed by atoms with E-state index in [-0.39, 0.29) is 6.04 Å². The Morgan fingerprint density at radius 3 is 2.85 bits per heavy atom. The van der Waals surface area contributed by atoms with E-state index >= 15 is 0 Å². The smallest absolute Gasteiger partial charge is 0.0810 e. The van der Waals surface area contributed by atoms with Gasteiger partial charge in [-0.05, 0) is 24.3 Å². The van der Waals surface area contributed by atoms with E-state index in [9.17, 15) is 0 Å². The molecule has 1 aromatic rings. The number of rotatable bonds is 3. The first-order chi connectivity index (χ1) is 6.22. The lowest BCUT2D eigenvalue weighted by Crippen LogP contribution is -2.30. The van der Waals surface area contributed by atoms with Crippen molar-refractivity contribution in [2.24, 2.45) is 24.7 Å². The molecule has 1 heterocycles. The zero-order valence-electron chi connectivity index (χ0n) is 8.07. The Morgan fingerprint density at radius 1 is 1.77 bits per heavy atom. The van der Waals surface area contributed by atoms with Gasteiger partial charge in [0, 0.05) is 13.2 Å². The van der Waals surface area contributed by atoms with Gasteiger partial charge in [0.25, 0.3) is 0 Å². The van der Waals surface area contributed by atoms with Gasteiger partial charge in [0.2, 0.25) is 0 Å². The van der Waals surface area contributed by atoms with Crippen LogP contribution in [-0.2, 0) is 7.05 Å². The van der Waals surface area contributed by atoms with E-state index in [1.165, 1.54) is 6.42 Å². The molecule has 0 bridgehead atoms. The lowest BCUT2D eigenvalue weighted by molar-refractivity contribution is 0.460. The van der Waals surface area contributed by atoms with Crippen LogP contribution < -0.4 is 11.3 Å². The normalized spacial score (nSPS) is 28.8. The van der Waals surface area contributed by atoms with Crippen molar-refractivity contribution in [3.63, 3.8) is 0 Å². The lowest BCUT2D eigenvalue weighted by Gasteiger charge is -2.12. The molecule has 72 valence electrons. The third-order valence-corrected chi connectivity index (χ3v) is 2.83. The van der Waals surface area contributed by atoms with E-state index in [0.29, 0.717) is 5.92 Å². The molecule has 4 heteroatoms. The molecule has 1 saturated carbocycles. The molecule has 1 fully saturated rings. The van der Waals surface area contributed by atoms with E-state index in [2.05, 4.69) is 17.4 Å². The van der Waals surface area contributed by atoms with Gasteiger partial charge in [-0.2, -0.15) is 5.10 Å². The van der Waals surface area contributed by atoms with Crippen LogP contribution in [0.3, 0.4) is 0 Å². The second-order valence-corrected chi connectivity index (χ2v) is 3.94. The molecule has 13 heavy (non-hydrogen) atoms. The van der Waals surface area contributed by atoms with E-state index in [1.807, 2.05) is 24.0 Å². The van der Waals surface area contributed by atoms with Gasteiger partial charge in [0.1, 0.15) is 0 Å². The fourth-order valence-corrected chi connectivity index (χ4v) is 1.84. The molecule has 1 aliphatic carbocycles. The van der Waals surface area contributed by atoms with Gasteiger partial charge in [-0.3, -0.25) is 16.0 Å². The van der Waals surface area contributed by atoms with Crippen LogP contribution in [0.5, 0.6) is 0 Å². The zero-order chi connectivity index (χ0) is 9.42. The summed E-state index contributed by atoms with van der Waals surface area (Å²) in [5, 5.41) is 4.35. The van der Waals surface area contributed by atoms with Crippen LogP contribution in [0, 0.1) is 11.8 Å². The number of nitrogens with two attached hydrogens (primary N) is 1. The summed E-state index contributed by atoms with van der Waals surface area (Å²) in [5.41, 5.74) is 3.90. The molecular formula is C9H16N4. The second-order valence-electron chi connectivity index (χ2n) is 3.94. The van der Waals surface area contributed by atoms with Gasteiger partial charge in [0.15, 0.2) is 0 Å². The van der Waals surface area contributed by atoms with Gasteiger partial charge in [0.05, 0.1) is 11.7 Å². The van der Waals surface area contributed by atoms with E-state index in [4.69, 9.17) is 5.84 Å². The van der Waals surface area contributed by atoms with Gasteiger partial charge in [-0.15, -0.1) is 0 Å². The number of hydrogen-bond acceptors (Lipinski definition) is 3. The predicted octanol–water partition coefficient (Wildman–Crippen LogP) is 0.581. The standard InChI is InChI=1S/C9H16N4/c1-6-5-7(6)9(11-10)8-3-4-13(2)12-8/h3-4,6-7,9,11H,5,10H2,1-2H3. The van der Waals surface area contributed by atoms with Gasteiger partial charge in [-0.1, -0.05) is 6.92 Å². The third-order valence-electron chi connectivity index (χ3n) is 2.83. The largest absolute Gasteiger partial charge is 0.275 e. The number of nitrogens with one attached hydrogen (secondary N) is 1. The number of nitrogens with zero attached hydrogens (tertiary/aromatic N) is 2. The predicted molar refractivity (Wildman–Crippen MR) is 50.5 cm³/mol. The van der Waals surface area contributed by atoms with Crippen LogP contribution in [0.2, 0.25) is 0 Å². The summed E-state index contributed by atoms with van der Waals surface area (Å²) in [5.74, 6) is 6.97. The molecule has 3 unspecified atom stereocenters. The van der Waals surface area contributed by atoms with Crippen molar-refractivity contribution in [2.75, 3.05) is 0 Å². The van der Waals surface area contributed by atoms with Crippen molar-refractivity contribution >= 4 is 0 Å². The molecule has 0 aliphatic heterocycles. The molecule has 0 amide bonds. The molecule has 3 atom stereocenters. The topological polar surface area (TPSA) is 55.9 Å². The monoisotopic (exact) mass is 180 g/mol. The van der Waals surface area contributed by atoms with Crippen LogP contribution in [0.25, 0.3) is 0 Å². The summed E-state index contributed by atoms with van der Waals surface area (Å²) in [4.78, 5) is 0. The first-order valence-corrected chi connectivity index (χ1v) is 4.68. The van der Waals surface area contributed by atoms with E-state index in [0.717, 1.165) is 11.6 Å². The van der Waals surface area contributed by atoms with Crippen molar-refractivity contribution in [3.8, 4) is 0 Å². The number of aryl methyl sites for hydroxylation is 1. The van der Waals surface area contributed by atoms with Crippen LogP contribution in [0.4, 0.5) is 0 Å². The summed E-state index contributed by atoms with van der Waals surface area (Å²) in [7, 11) is 1.92. The van der Waals surface area contributed by atoms with Gasteiger partial charge < -0.3 is 0 Å². The molecule has 0 radical (unpaired) electrons. The van der Waals surface area contributed by atoms with Crippen LogP contribution in [0.15, 0.2) is 12.3 Å². The van der Waals surface area contributed by atoms with Crippen molar-refractivity contribution in [3.05, 3.63) is 18.0 Å². The van der Waals surface area contributed by atoms with Crippen molar-refractivity contribution < 1.29 is 0 Å². The zero-order valence-corrected chi connectivity index (χ0v) is 8.07. The molecule has 1 aliphatic rings. The highest BCUT2D eigenvalue weighted by Gasteiger charge is 2.40. The van der Waals surface area contributed by atoms with Gasteiger partial charge in [-0.25, -0.2) is 0 Å². The Labute approximate surface area is 78.1 Å². The molecule has 0 aromatic carbocycles. The van der Waals surface area contributed by atoms with Crippen LogP contribution in [-0.4, -0.2) is 9.78 Å². The van der Waals surface area contributed by atoms with Crippen molar-refractivity contribution in [2.45, 2.75) is 19.4 Å². The fraction of sp³-hybridized carbons (Fsp3) is 0.667. The third kappa shape index (κ3) is 1.59. The highest BCUT2D eigenvalue weighted by Crippen LogP contribution is 2.46. The molecule has 0 spiro atoms. The molecule has 1 aromatic heterocycles. The first kappa shape index (κ1) is 8.72.